The second-order valence-corrected chi connectivity index (χ2v) is 2.80. The maximum atomic E-state index is 5.79. The zero-order valence-corrected chi connectivity index (χ0v) is 6.91. The lowest BCUT2D eigenvalue weighted by Gasteiger charge is -2.05. The van der Waals surface area contributed by atoms with Gasteiger partial charge in [0.25, 0.3) is 0 Å². The number of para-hydroxylation sites is 1. The van der Waals surface area contributed by atoms with Crippen LogP contribution in [0.1, 0.15) is 11.6 Å². The van der Waals surface area contributed by atoms with Crippen LogP contribution in [0.2, 0.25) is 0 Å². The quantitative estimate of drug-likeness (QED) is 0.677. The molecule has 3 heteroatoms. The molecule has 1 atom stereocenters. The Morgan fingerprint density at radius 1 is 1.58 bits per heavy atom. The monoisotopic (exact) mass is 165 g/mol. The van der Waals surface area contributed by atoms with E-state index >= 15 is 0 Å². The molecule has 1 aliphatic rings. The fraction of sp³-hybridized carbons (Fsp3) is 0.333. The van der Waals surface area contributed by atoms with Gasteiger partial charge in [0, 0.05) is 5.56 Å². The van der Waals surface area contributed by atoms with Gasteiger partial charge in [-0.25, -0.2) is 0 Å². The average Bonchev–Trinajstić information content (AvgIpc) is 2.48. The van der Waals surface area contributed by atoms with Crippen LogP contribution in [0, 0.1) is 0 Å². The Morgan fingerprint density at radius 2 is 2.42 bits per heavy atom. The van der Waals surface area contributed by atoms with Crippen LogP contribution in [0.25, 0.3) is 0 Å². The summed E-state index contributed by atoms with van der Waals surface area (Å²) in [6.07, 6.45) is 0. The van der Waals surface area contributed by atoms with Gasteiger partial charge in [-0.2, -0.15) is 0 Å². The number of methoxy groups -OCH3 is 1. The Morgan fingerprint density at radius 3 is 3.17 bits per heavy atom. The molecule has 1 aliphatic heterocycles. The largest absolute Gasteiger partial charge is 0.493 e. The normalized spacial score (nSPS) is 20.0. The van der Waals surface area contributed by atoms with Crippen LogP contribution < -0.4 is 15.2 Å². The van der Waals surface area contributed by atoms with E-state index in [1.165, 1.54) is 0 Å². The third-order valence-electron chi connectivity index (χ3n) is 2.04. The molecule has 0 radical (unpaired) electrons. The molecular formula is C9H11NO2. The number of hydrogen-bond donors (Lipinski definition) is 1. The lowest BCUT2D eigenvalue weighted by atomic mass is 10.1. The summed E-state index contributed by atoms with van der Waals surface area (Å²) in [4.78, 5) is 0. The van der Waals surface area contributed by atoms with Crippen molar-refractivity contribution in [2.75, 3.05) is 13.7 Å². The zero-order chi connectivity index (χ0) is 8.55. The minimum Gasteiger partial charge on any atom is -0.493 e. The first kappa shape index (κ1) is 7.43. The van der Waals surface area contributed by atoms with Crippen molar-refractivity contribution in [1.82, 2.24) is 0 Å². The second kappa shape index (κ2) is 2.68. The minimum absolute atomic E-state index is 0.00454. The van der Waals surface area contributed by atoms with E-state index in [9.17, 15) is 0 Å². The second-order valence-electron chi connectivity index (χ2n) is 2.80. The van der Waals surface area contributed by atoms with E-state index in [2.05, 4.69) is 0 Å². The van der Waals surface area contributed by atoms with Crippen molar-refractivity contribution >= 4 is 0 Å². The Kier molecular flexibility index (Phi) is 1.66. The van der Waals surface area contributed by atoms with Crippen molar-refractivity contribution in [2.45, 2.75) is 6.04 Å². The van der Waals surface area contributed by atoms with Gasteiger partial charge in [0.2, 0.25) is 0 Å². The highest BCUT2D eigenvalue weighted by atomic mass is 16.5. The van der Waals surface area contributed by atoms with E-state index < -0.39 is 0 Å². The highest BCUT2D eigenvalue weighted by molar-refractivity contribution is 5.50. The van der Waals surface area contributed by atoms with Crippen molar-refractivity contribution < 1.29 is 9.47 Å². The first-order chi connectivity index (χ1) is 5.83. The van der Waals surface area contributed by atoms with Gasteiger partial charge in [-0.05, 0) is 6.07 Å². The SMILES string of the molecule is COc1cccc2c1OC[C@H]2N. The van der Waals surface area contributed by atoms with E-state index in [4.69, 9.17) is 15.2 Å². The van der Waals surface area contributed by atoms with Gasteiger partial charge >= 0.3 is 0 Å². The van der Waals surface area contributed by atoms with E-state index in [0.29, 0.717) is 6.61 Å². The summed E-state index contributed by atoms with van der Waals surface area (Å²) in [6, 6.07) is 5.76. The van der Waals surface area contributed by atoms with Crippen molar-refractivity contribution in [3.8, 4) is 11.5 Å². The van der Waals surface area contributed by atoms with Crippen LogP contribution in [-0.4, -0.2) is 13.7 Å². The Labute approximate surface area is 71.1 Å². The lowest BCUT2D eigenvalue weighted by molar-refractivity contribution is 0.311. The maximum absolute atomic E-state index is 5.79. The predicted molar refractivity (Wildman–Crippen MR) is 45.4 cm³/mol. The van der Waals surface area contributed by atoms with E-state index in [0.717, 1.165) is 17.1 Å². The van der Waals surface area contributed by atoms with Crippen molar-refractivity contribution in [3.05, 3.63) is 23.8 Å². The third kappa shape index (κ3) is 0.940. The van der Waals surface area contributed by atoms with Crippen LogP contribution >= 0.6 is 0 Å². The van der Waals surface area contributed by atoms with Gasteiger partial charge in [-0.1, -0.05) is 12.1 Å². The number of rotatable bonds is 1. The summed E-state index contributed by atoms with van der Waals surface area (Å²) in [6.45, 7) is 0.551. The maximum Gasteiger partial charge on any atom is 0.166 e. The number of benzene rings is 1. The minimum atomic E-state index is -0.00454. The molecule has 0 bridgehead atoms. The first-order valence-corrected chi connectivity index (χ1v) is 3.88. The van der Waals surface area contributed by atoms with E-state index in [-0.39, 0.29) is 6.04 Å². The molecular weight excluding hydrogens is 154 g/mol. The zero-order valence-electron chi connectivity index (χ0n) is 6.91. The fourth-order valence-corrected chi connectivity index (χ4v) is 1.40. The highest BCUT2D eigenvalue weighted by Crippen LogP contribution is 2.38. The summed E-state index contributed by atoms with van der Waals surface area (Å²) in [7, 11) is 1.63. The van der Waals surface area contributed by atoms with Gasteiger partial charge in [-0.3, -0.25) is 0 Å². The lowest BCUT2D eigenvalue weighted by Crippen LogP contribution is -2.10. The summed E-state index contributed by atoms with van der Waals surface area (Å²) < 4.78 is 10.5. The van der Waals surface area contributed by atoms with Gasteiger partial charge in [-0.15, -0.1) is 0 Å². The third-order valence-corrected chi connectivity index (χ3v) is 2.04. The molecule has 0 spiro atoms. The predicted octanol–water partition coefficient (Wildman–Crippen LogP) is 1.09. The number of ether oxygens (including phenoxy) is 2. The molecule has 0 fully saturated rings. The molecule has 64 valence electrons. The number of hydrogen-bond acceptors (Lipinski definition) is 3. The molecule has 0 unspecified atom stereocenters. The van der Waals surface area contributed by atoms with Crippen molar-refractivity contribution in [1.29, 1.82) is 0 Å². The van der Waals surface area contributed by atoms with Crippen LogP contribution in [-0.2, 0) is 0 Å². The standard InChI is InChI=1S/C9H11NO2/c1-11-8-4-2-3-6-7(10)5-12-9(6)8/h2-4,7H,5,10H2,1H3/t7-/m1/s1. The topological polar surface area (TPSA) is 44.5 Å². The molecule has 2 N–H and O–H groups in total. The van der Waals surface area contributed by atoms with Crippen LogP contribution in [0.3, 0.4) is 0 Å². The molecule has 2 rings (SSSR count). The number of fused-ring (bicyclic) bond motifs is 1. The fourth-order valence-electron chi connectivity index (χ4n) is 1.40. The van der Waals surface area contributed by atoms with Crippen molar-refractivity contribution in [3.63, 3.8) is 0 Å². The van der Waals surface area contributed by atoms with Crippen LogP contribution in [0.15, 0.2) is 18.2 Å². The Bertz CT molecular complexity index is 299. The molecule has 1 heterocycles. The van der Waals surface area contributed by atoms with E-state index in [1.807, 2.05) is 18.2 Å². The molecule has 0 saturated carbocycles. The molecule has 0 amide bonds. The summed E-state index contributed by atoms with van der Waals surface area (Å²) in [5.41, 5.74) is 6.83. The smallest absolute Gasteiger partial charge is 0.166 e. The molecule has 12 heavy (non-hydrogen) atoms. The van der Waals surface area contributed by atoms with E-state index in [1.54, 1.807) is 7.11 Å². The Hall–Kier alpha value is -1.22. The van der Waals surface area contributed by atoms with Crippen molar-refractivity contribution in [2.24, 2.45) is 5.73 Å². The van der Waals surface area contributed by atoms with Gasteiger partial charge < -0.3 is 15.2 Å². The molecule has 1 aromatic rings. The van der Waals surface area contributed by atoms with Crippen LogP contribution in [0.5, 0.6) is 11.5 Å². The molecule has 0 saturated heterocycles. The molecule has 1 aromatic carbocycles. The average molecular weight is 165 g/mol. The summed E-state index contributed by atoms with van der Waals surface area (Å²) in [5.74, 6) is 1.56. The first-order valence-electron chi connectivity index (χ1n) is 3.88. The van der Waals surface area contributed by atoms with Gasteiger partial charge in [0.05, 0.1) is 13.2 Å². The van der Waals surface area contributed by atoms with Gasteiger partial charge in [0.15, 0.2) is 11.5 Å². The summed E-state index contributed by atoms with van der Waals surface area (Å²) in [5, 5.41) is 0. The molecule has 0 aromatic heterocycles. The summed E-state index contributed by atoms with van der Waals surface area (Å²) >= 11 is 0. The van der Waals surface area contributed by atoms with Gasteiger partial charge in [0.1, 0.15) is 6.61 Å². The molecule has 0 aliphatic carbocycles. The van der Waals surface area contributed by atoms with Crippen LogP contribution in [0.4, 0.5) is 0 Å². The number of nitrogens with two attached hydrogens (primary N) is 1. The molecule has 3 nitrogen and oxygen atoms in total. The highest BCUT2D eigenvalue weighted by Gasteiger charge is 2.23. The Balaban J connectivity index is 2.50.